The number of rotatable bonds is 2. The van der Waals surface area contributed by atoms with E-state index < -0.39 is 11.7 Å². The van der Waals surface area contributed by atoms with Gasteiger partial charge in [0.25, 0.3) is 0 Å². The summed E-state index contributed by atoms with van der Waals surface area (Å²) in [5.74, 6) is 0.678. The van der Waals surface area contributed by atoms with Crippen molar-refractivity contribution in [3.8, 4) is 0 Å². The van der Waals surface area contributed by atoms with E-state index in [-0.39, 0.29) is 6.04 Å². The predicted molar refractivity (Wildman–Crippen MR) is 64.1 cm³/mol. The van der Waals surface area contributed by atoms with Gasteiger partial charge in [0.05, 0.1) is 12.2 Å². The number of H-pyrrole nitrogens is 1. The Labute approximate surface area is 103 Å². The molecule has 0 fully saturated rings. The summed E-state index contributed by atoms with van der Waals surface area (Å²) in [6, 6.07) is -0.221. The van der Waals surface area contributed by atoms with Crippen LogP contribution in [0.4, 0.5) is 4.79 Å². The smallest absolute Gasteiger partial charge is 0.408 e. The zero-order valence-electron chi connectivity index (χ0n) is 9.80. The molecule has 1 amide bonds. The Kier molecular flexibility index (Phi) is 3.96. The molecule has 1 aromatic rings. The van der Waals surface area contributed by atoms with Gasteiger partial charge in [0, 0.05) is 0 Å². The fourth-order valence-electron chi connectivity index (χ4n) is 1.09. The van der Waals surface area contributed by atoms with Gasteiger partial charge in [-0.05, 0) is 43.6 Å². The van der Waals surface area contributed by atoms with E-state index in [0.717, 1.165) is 4.60 Å². The van der Waals surface area contributed by atoms with Gasteiger partial charge in [-0.15, -0.1) is 0 Å². The molecule has 16 heavy (non-hydrogen) atoms. The lowest BCUT2D eigenvalue weighted by atomic mass is 10.2. The maximum atomic E-state index is 11.5. The molecule has 0 saturated heterocycles. The summed E-state index contributed by atoms with van der Waals surface area (Å²) >= 11 is 3.25. The summed E-state index contributed by atoms with van der Waals surface area (Å²) < 4.78 is 5.91. The summed E-state index contributed by atoms with van der Waals surface area (Å²) in [6.45, 7) is 7.29. The number of alkyl carbamates (subject to hydrolysis) is 1. The molecule has 2 N–H and O–H groups in total. The first-order chi connectivity index (χ1) is 7.28. The number of hydrogen-bond donors (Lipinski definition) is 2. The third kappa shape index (κ3) is 4.22. The molecular weight excluding hydrogens is 274 g/mol. The van der Waals surface area contributed by atoms with Gasteiger partial charge in [-0.25, -0.2) is 9.78 Å². The Bertz CT molecular complexity index is 370. The first-order valence-corrected chi connectivity index (χ1v) is 5.77. The Hall–Kier alpha value is -1.04. The molecule has 0 aliphatic rings. The molecule has 1 heterocycles. The molecule has 0 bridgehead atoms. The molecule has 1 aromatic heterocycles. The minimum Gasteiger partial charge on any atom is -0.444 e. The summed E-state index contributed by atoms with van der Waals surface area (Å²) in [6.07, 6.45) is 1.19. The van der Waals surface area contributed by atoms with Crippen molar-refractivity contribution in [2.75, 3.05) is 0 Å². The average molecular weight is 290 g/mol. The van der Waals surface area contributed by atoms with E-state index >= 15 is 0 Å². The van der Waals surface area contributed by atoms with Gasteiger partial charge in [0.15, 0.2) is 0 Å². The summed E-state index contributed by atoms with van der Waals surface area (Å²) in [7, 11) is 0. The van der Waals surface area contributed by atoms with Crippen LogP contribution in [0.25, 0.3) is 0 Å². The van der Waals surface area contributed by atoms with Crippen molar-refractivity contribution in [3.63, 3.8) is 0 Å². The van der Waals surface area contributed by atoms with Crippen molar-refractivity contribution in [2.24, 2.45) is 0 Å². The highest BCUT2D eigenvalue weighted by Crippen LogP contribution is 2.13. The third-order valence-electron chi connectivity index (χ3n) is 1.71. The number of halogens is 1. The van der Waals surface area contributed by atoms with Crippen LogP contribution in [0.2, 0.25) is 0 Å². The van der Waals surface area contributed by atoms with Crippen molar-refractivity contribution in [3.05, 3.63) is 16.6 Å². The van der Waals surface area contributed by atoms with E-state index in [9.17, 15) is 4.79 Å². The Morgan fingerprint density at radius 3 is 2.69 bits per heavy atom. The van der Waals surface area contributed by atoms with E-state index in [0.29, 0.717) is 5.82 Å². The lowest BCUT2D eigenvalue weighted by Gasteiger charge is -2.21. The van der Waals surface area contributed by atoms with E-state index in [4.69, 9.17) is 4.74 Å². The van der Waals surface area contributed by atoms with Crippen LogP contribution >= 0.6 is 15.9 Å². The minimum atomic E-state index is -0.493. The lowest BCUT2D eigenvalue weighted by Crippen LogP contribution is -2.34. The molecule has 90 valence electrons. The topological polar surface area (TPSA) is 67.0 Å². The number of carbonyl (C=O) groups excluding carboxylic acids is 1. The first-order valence-electron chi connectivity index (χ1n) is 4.98. The third-order valence-corrected chi connectivity index (χ3v) is 2.11. The number of nitrogens with zero attached hydrogens (tertiary/aromatic N) is 1. The monoisotopic (exact) mass is 289 g/mol. The van der Waals surface area contributed by atoms with Gasteiger partial charge in [0.2, 0.25) is 0 Å². The Morgan fingerprint density at radius 1 is 1.62 bits per heavy atom. The van der Waals surface area contributed by atoms with Crippen LogP contribution in [-0.4, -0.2) is 21.7 Å². The Balaban J connectivity index is 2.52. The number of amides is 1. The zero-order chi connectivity index (χ0) is 12.3. The van der Waals surface area contributed by atoms with Gasteiger partial charge in [-0.3, -0.25) is 0 Å². The molecule has 0 spiro atoms. The molecule has 0 aliphatic heterocycles. The molecule has 0 radical (unpaired) electrons. The van der Waals surface area contributed by atoms with Gasteiger partial charge < -0.3 is 15.0 Å². The quantitative estimate of drug-likeness (QED) is 0.880. The summed E-state index contributed by atoms with van der Waals surface area (Å²) in [5.41, 5.74) is -0.493. The van der Waals surface area contributed by atoms with Crippen LogP contribution in [0.15, 0.2) is 10.8 Å². The molecular formula is C10H16BrN3O2. The first kappa shape index (κ1) is 13.0. The van der Waals surface area contributed by atoms with Crippen LogP contribution in [0.3, 0.4) is 0 Å². The van der Waals surface area contributed by atoms with Gasteiger partial charge in [0.1, 0.15) is 16.0 Å². The SMILES string of the molecule is C[C@H](NC(=O)OC(C)(C)C)c1ncc(Br)[nH]1. The lowest BCUT2D eigenvalue weighted by molar-refractivity contribution is 0.0506. The predicted octanol–water partition coefficient (Wildman–Crippen LogP) is 2.76. The van der Waals surface area contributed by atoms with Crippen LogP contribution in [0, 0.1) is 0 Å². The molecule has 6 heteroatoms. The number of nitrogens with one attached hydrogen (secondary N) is 2. The highest BCUT2D eigenvalue weighted by molar-refractivity contribution is 9.10. The van der Waals surface area contributed by atoms with Crippen molar-refractivity contribution in [1.29, 1.82) is 0 Å². The Morgan fingerprint density at radius 2 is 2.25 bits per heavy atom. The van der Waals surface area contributed by atoms with E-state index in [1.807, 2.05) is 27.7 Å². The molecule has 1 rings (SSSR count). The fourth-order valence-corrected chi connectivity index (χ4v) is 1.39. The second-order valence-electron chi connectivity index (χ2n) is 4.48. The normalized spacial score (nSPS) is 13.3. The molecule has 0 saturated carbocycles. The number of aromatic nitrogens is 2. The fraction of sp³-hybridized carbons (Fsp3) is 0.600. The zero-order valence-corrected chi connectivity index (χ0v) is 11.4. The number of imidazole rings is 1. The van der Waals surface area contributed by atoms with Gasteiger partial charge >= 0.3 is 6.09 Å². The number of carbonyl (C=O) groups is 1. The maximum absolute atomic E-state index is 11.5. The number of ether oxygens (including phenoxy) is 1. The second kappa shape index (κ2) is 4.86. The van der Waals surface area contributed by atoms with E-state index in [2.05, 4.69) is 31.2 Å². The summed E-state index contributed by atoms with van der Waals surface area (Å²) in [5, 5.41) is 2.69. The number of aromatic amines is 1. The maximum Gasteiger partial charge on any atom is 0.408 e. The molecule has 0 aliphatic carbocycles. The largest absolute Gasteiger partial charge is 0.444 e. The number of hydrogen-bond acceptors (Lipinski definition) is 3. The van der Waals surface area contributed by atoms with Crippen molar-refractivity contribution >= 4 is 22.0 Å². The van der Waals surface area contributed by atoms with Crippen molar-refractivity contribution in [1.82, 2.24) is 15.3 Å². The van der Waals surface area contributed by atoms with E-state index in [1.54, 1.807) is 6.20 Å². The highest BCUT2D eigenvalue weighted by atomic mass is 79.9. The van der Waals surface area contributed by atoms with Crippen molar-refractivity contribution < 1.29 is 9.53 Å². The minimum absolute atomic E-state index is 0.221. The molecule has 1 atom stereocenters. The van der Waals surface area contributed by atoms with Crippen LogP contribution in [-0.2, 0) is 4.74 Å². The van der Waals surface area contributed by atoms with Crippen LogP contribution in [0.1, 0.15) is 39.6 Å². The van der Waals surface area contributed by atoms with Crippen LogP contribution < -0.4 is 5.32 Å². The van der Waals surface area contributed by atoms with Gasteiger partial charge in [-0.2, -0.15) is 0 Å². The van der Waals surface area contributed by atoms with Gasteiger partial charge in [-0.1, -0.05) is 0 Å². The average Bonchev–Trinajstić information content (AvgIpc) is 2.47. The highest BCUT2D eigenvalue weighted by Gasteiger charge is 2.19. The molecule has 0 aromatic carbocycles. The standard InChI is InChI=1S/C10H16BrN3O2/c1-6(8-12-5-7(11)14-8)13-9(15)16-10(2,3)4/h5-6H,1-4H3,(H,12,14)(H,13,15)/t6-/m0/s1. The van der Waals surface area contributed by atoms with E-state index in [1.165, 1.54) is 0 Å². The summed E-state index contributed by atoms with van der Waals surface area (Å²) in [4.78, 5) is 18.5. The van der Waals surface area contributed by atoms with Crippen LogP contribution in [0.5, 0.6) is 0 Å². The van der Waals surface area contributed by atoms with Crippen molar-refractivity contribution in [2.45, 2.75) is 39.3 Å². The molecule has 5 nitrogen and oxygen atoms in total. The molecule has 0 unspecified atom stereocenters. The second-order valence-corrected chi connectivity index (χ2v) is 5.34.